The van der Waals surface area contributed by atoms with Gasteiger partial charge in [0, 0.05) is 18.1 Å². The molecular formula is C21H18FNO4. The van der Waals surface area contributed by atoms with Gasteiger partial charge in [0.2, 0.25) is 0 Å². The number of ether oxygens (including phenoxy) is 1. The van der Waals surface area contributed by atoms with E-state index < -0.39 is 17.9 Å². The first-order valence-corrected chi connectivity index (χ1v) is 8.39. The average molecular weight is 367 g/mol. The summed E-state index contributed by atoms with van der Waals surface area (Å²) >= 11 is 0. The summed E-state index contributed by atoms with van der Waals surface area (Å²) < 4.78 is 19.9. The molecule has 27 heavy (non-hydrogen) atoms. The molecule has 0 bridgehead atoms. The van der Waals surface area contributed by atoms with Gasteiger partial charge < -0.3 is 14.4 Å². The highest BCUT2D eigenvalue weighted by molar-refractivity contribution is 5.83. The summed E-state index contributed by atoms with van der Waals surface area (Å²) in [7, 11) is 0. The fraction of sp³-hybridized carbons (Fsp3) is 0.143. The highest BCUT2D eigenvalue weighted by Gasteiger charge is 2.25. The third-order valence-electron chi connectivity index (χ3n) is 4.15. The summed E-state index contributed by atoms with van der Waals surface area (Å²) in [5.41, 5.74) is 2.00. The lowest BCUT2D eigenvalue weighted by Crippen LogP contribution is -2.17. The summed E-state index contributed by atoms with van der Waals surface area (Å²) in [4.78, 5) is 23.7. The van der Waals surface area contributed by atoms with Crippen molar-refractivity contribution in [1.82, 2.24) is 4.57 Å². The first-order valence-electron chi connectivity index (χ1n) is 8.39. The minimum atomic E-state index is -1.11. The summed E-state index contributed by atoms with van der Waals surface area (Å²) in [6.45, 7) is 0.0998. The van der Waals surface area contributed by atoms with Crippen LogP contribution in [0.5, 0.6) is 0 Å². The second kappa shape index (κ2) is 8.31. The zero-order valence-electron chi connectivity index (χ0n) is 14.4. The summed E-state index contributed by atoms with van der Waals surface area (Å²) in [5.74, 6) is -3.06. The lowest BCUT2D eigenvalue weighted by atomic mass is 9.99. The number of halogens is 1. The Hall–Kier alpha value is -3.41. The van der Waals surface area contributed by atoms with Gasteiger partial charge in [-0.25, -0.2) is 4.39 Å². The molecule has 138 valence electrons. The minimum Gasteiger partial charge on any atom is -0.481 e. The van der Waals surface area contributed by atoms with Gasteiger partial charge in [-0.15, -0.1) is 0 Å². The monoisotopic (exact) mass is 367 g/mol. The number of carbonyl (C=O) groups is 2. The largest absolute Gasteiger partial charge is 0.481 e. The first kappa shape index (κ1) is 18.4. The van der Waals surface area contributed by atoms with Crippen LogP contribution < -0.4 is 0 Å². The van der Waals surface area contributed by atoms with Gasteiger partial charge >= 0.3 is 11.9 Å². The van der Waals surface area contributed by atoms with Crippen LogP contribution in [0.3, 0.4) is 0 Å². The van der Waals surface area contributed by atoms with Gasteiger partial charge in [-0.05, 0) is 41.5 Å². The van der Waals surface area contributed by atoms with Crippen LogP contribution in [0, 0.1) is 5.82 Å². The van der Waals surface area contributed by atoms with Crippen LogP contribution in [-0.2, 0) is 20.9 Å². The number of hydrogen-bond donors (Lipinski definition) is 1. The average Bonchev–Trinajstić information content (AvgIpc) is 3.15. The minimum absolute atomic E-state index is 0.0998. The molecule has 5 nitrogen and oxygen atoms in total. The molecule has 0 spiro atoms. The van der Waals surface area contributed by atoms with Gasteiger partial charge in [0.25, 0.3) is 0 Å². The van der Waals surface area contributed by atoms with E-state index in [1.165, 1.54) is 12.1 Å². The lowest BCUT2D eigenvalue weighted by molar-refractivity contribution is -0.150. The number of carboxylic acids is 1. The van der Waals surface area contributed by atoms with Crippen LogP contribution in [0.1, 0.15) is 23.5 Å². The van der Waals surface area contributed by atoms with E-state index in [0.29, 0.717) is 11.3 Å². The number of aromatic nitrogens is 1. The zero-order chi connectivity index (χ0) is 19.2. The topological polar surface area (TPSA) is 68.5 Å². The van der Waals surface area contributed by atoms with Crippen molar-refractivity contribution < 1.29 is 23.8 Å². The van der Waals surface area contributed by atoms with Crippen molar-refractivity contribution in [1.29, 1.82) is 0 Å². The van der Waals surface area contributed by atoms with E-state index in [1.807, 2.05) is 30.3 Å². The molecule has 0 radical (unpaired) electrons. The van der Waals surface area contributed by atoms with Crippen molar-refractivity contribution in [2.45, 2.75) is 18.9 Å². The van der Waals surface area contributed by atoms with Crippen molar-refractivity contribution in [2.75, 3.05) is 0 Å². The fourth-order valence-corrected chi connectivity index (χ4v) is 2.70. The van der Waals surface area contributed by atoms with E-state index in [-0.39, 0.29) is 18.8 Å². The van der Waals surface area contributed by atoms with Crippen LogP contribution in [-0.4, -0.2) is 21.6 Å². The molecule has 1 aromatic heterocycles. The maximum atomic E-state index is 13.0. The molecule has 0 aliphatic heterocycles. The van der Waals surface area contributed by atoms with E-state index in [2.05, 4.69) is 0 Å². The molecule has 1 heterocycles. The molecule has 3 rings (SSSR count). The standard InChI is InChI=1S/C21H18FNO4/c22-17-6-8-18(9-7-17)23-11-10-16(13-23)19(21(25)26)12-20(24)27-14-15-4-2-1-3-5-15/h1-11,13,19H,12,14H2,(H,25,26)/t19-/m0/s1. The molecule has 0 aliphatic carbocycles. The molecule has 6 heteroatoms. The van der Waals surface area contributed by atoms with Gasteiger partial charge in [0.05, 0.1) is 12.3 Å². The molecule has 0 saturated heterocycles. The Kier molecular flexibility index (Phi) is 5.66. The SMILES string of the molecule is O=C(C[C@H](C(=O)O)c1ccn(-c2ccc(F)cc2)c1)OCc1ccccc1. The van der Waals surface area contributed by atoms with Crippen LogP contribution >= 0.6 is 0 Å². The number of nitrogens with zero attached hydrogens (tertiary/aromatic N) is 1. The van der Waals surface area contributed by atoms with E-state index >= 15 is 0 Å². The van der Waals surface area contributed by atoms with Crippen molar-refractivity contribution in [3.63, 3.8) is 0 Å². The summed E-state index contributed by atoms with van der Waals surface area (Å²) in [6, 6.07) is 16.6. The van der Waals surface area contributed by atoms with E-state index in [4.69, 9.17) is 4.74 Å². The fourth-order valence-electron chi connectivity index (χ4n) is 2.70. The van der Waals surface area contributed by atoms with Crippen molar-refractivity contribution in [3.8, 4) is 5.69 Å². The Labute approximate surface area is 155 Å². The van der Waals surface area contributed by atoms with E-state index in [1.54, 1.807) is 35.2 Å². The molecule has 1 N–H and O–H groups in total. The van der Waals surface area contributed by atoms with Crippen molar-refractivity contribution >= 4 is 11.9 Å². The van der Waals surface area contributed by atoms with Gasteiger partial charge in [0.15, 0.2) is 0 Å². The lowest BCUT2D eigenvalue weighted by Gasteiger charge is -2.11. The maximum absolute atomic E-state index is 13.0. The Bertz CT molecular complexity index is 919. The van der Waals surface area contributed by atoms with E-state index in [0.717, 1.165) is 5.56 Å². The number of esters is 1. The molecule has 3 aromatic rings. The Morgan fingerprint density at radius 1 is 1.04 bits per heavy atom. The van der Waals surface area contributed by atoms with Crippen molar-refractivity contribution in [3.05, 3.63) is 90.0 Å². The second-order valence-electron chi connectivity index (χ2n) is 6.07. The van der Waals surface area contributed by atoms with Crippen LogP contribution in [0.2, 0.25) is 0 Å². The number of aliphatic carboxylic acids is 1. The Morgan fingerprint density at radius 3 is 2.41 bits per heavy atom. The molecule has 2 aromatic carbocycles. The highest BCUT2D eigenvalue weighted by Crippen LogP contribution is 2.23. The quantitative estimate of drug-likeness (QED) is 0.643. The maximum Gasteiger partial charge on any atom is 0.311 e. The van der Waals surface area contributed by atoms with Gasteiger partial charge in [-0.3, -0.25) is 9.59 Å². The van der Waals surface area contributed by atoms with Crippen LogP contribution in [0.25, 0.3) is 5.69 Å². The molecule has 0 fully saturated rings. The molecule has 1 atom stereocenters. The third-order valence-corrected chi connectivity index (χ3v) is 4.15. The highest BCUT2D eigenvalue weighted by atomic mass is 19.1. The normalized spacial score (nSPS) is 11.7. The molecule has 0 amide bonds. The number of benzene rings is 2. The Morgan fingerprint density at radius 2 is 1.74 bits per heavy atom. The van der Waals surface area contributed by atoms with Gasteiger partial charge in [-0.2, -0.15) is 0 Å². The van der Waals surface area contributed by atoms with Crippen LogP contribution in [0.15, 0.2) is 73.1 Å². The smallest absolute Gasteiger partial charge is 0.311 e. The van der Waals surface area contributed by atoms with Crippen molar-refractivity contribution in [2.24, 2.45) is 0 Å². The molecule has 0 aliphatic rings. The predicted octanol–water partition coefficient (Wildman–Crippen LogP) is 3.92. The molecular weight excluding hydrogens is 349 g/mol. The summed E-state index contributed by atoms with van der Waals surface area (Å²) in [6.07, 6.45) is 3.03. The summed E-state index contributed by atoms with van der Waals surface area (Å²) in [5, 5.41) is 9.51. The number of carbonyl (C=O) groups excluding carboxylic acids is 1. The predicted molar refractivity (Wildman–Crippen MR) is 97.0 cm³/mol. The second-order valence-corrected chi connectivity index (χ2v) is 6.07. The first-order chi connectivity index (χ1) is 13.0. The van der Waals surface area contributed by atoms with Crippen LogP contribution in [0.4, 0.5) is 4.39 Å². The van der Waals surface area contributed by atoms with Gasteiger partial charge in [-0.1, -0.05) is 30.3 Å². The number of carboxylic acid groups (broad SMARTS) is 1. The Balaban J connectivity index is 1.67. The van der Waals surface area contributed by atoms with E-state index in [9.17, 15) is 19.1 Å². The number of hydrogen-bond acceptors (Lipinski definition) is 3. The van der Waals surface area contributed by atoms with Gasteiger partial charge in [0.1, 0.15) is 12.4 Å². The molecule has 0 unspecified atom stereocenters. The number of rotatable bonds is 7. The molecule has 0 saturated carbocycles. The zero-order valence-corrected chi connectivity index (χ0v) is 14.4. The third kappa shape index (κ3) is 4.82.